The van der Waals surface area contributed by atoms with Crippen LogP contribution < -0.4 is 11.2 Å². The Morgan fingerprint density at radius 2 is 2.44 bits per heavy atom. The summed E-state index contributed by atoms with van der Waals surface area (Å²) >= 11 is 0. The van der Waals surface area contributed by atoms with Crippen molar-refractivity contribution in [2.75, 3.05) is 0 Å². The van der Waals surface area contributed by atoms with E-state index in [-0.39, 0.29) is 6.04 Å². The van der Waals surface area contributed by atoms with Gasteiger partial charge < -0.3 is 4.98 Å². The van der Waals surface area contributed by atoms with E-state index >= 15 is 0 Å². The molecule has 0 unspecified atom stereocenters. The van der Waals surface area contributed by atoms with Crippen LogP contribution in [0.3, 0.4) is 0 Å². The van der Waals surface area contributed by atoms with Crippen molar-refractivity contribution in [3.8, 4) is 0 Å². The smallest absolute Gasteiger partial charge is 0.314 e. The first-order valence-electron chi connectivity index (χ1n) is 2.88. The number of nitrogens with zero attached hydrogens (tertiary/aromatic N) is 1. The Kier molecular flexibility index (Phi) is 0.955. The van der Waals surface area contributed by atoms with Gasteiger partial charge in [-0.15, -0.1) is 0 Å². The molecule has 1 heterocycles. The van der Waals surface area contributed by atoms with Crippen molar-refractivity contribution in [2.45, 2.75) is 0 Å². The Labute approximate surface area is 52.2 Å². The number of nitrogens with one attached hydrogen (secondary N) is 1. The van der Waals surface area contributed by atoms with E-state index in [9.17, 15) is 9.59 Å². The monoisotopic (exact) mass is 127 g/mol. The Morgan fingerprint density at radius 3 is 3.00 bits per heavy atom. The van der Waals surface area contributed by atoms with Gasteiger partial charge in [-0.05, 0) is 0 Å². The predicted octanol–water partition coefficient (Wildman–Crippen LogP) is -0.926. The third-order valence-corrected chi connectivity index (χ3v) is 1.00. The lowest BCUT2D eigenvalue weighted by Crippen LogP contribution is -2.30. The minimum Gasteiger partial charge on any atom is -0.314 e. The molecule has 4 nitrogen and oxygen atoms in total. The summed E-state index contributed by atoms with van der Waals surface area (Å²) in [7, 11) is 1.32. The molecule has 0 radical (unpaired) electrons. The predicted molar refractivity (Wildman–Crippen MR) is 32.3 cm³/mol. The van der Waals surface area contributed by atoms with E-state index in [0.717, 1.165) is 10.8 Å². The molecule has 0 aliphatic rings. The van der Waals surface area contributed by atoms with E-state index in [2.05, 4.69) is 4.98 Å². The molecule has 1 aromatic rings. The Bertz CT molecular complexity index is 351. The van der Waals surface area contributed by atoms with Crippen LogP contribution in [0, 0.1) is 0 Å². The third-order valence-electron chi connectivity index (χ3n) is 1.00. The molecule has 0 fully saturated rings. The maximum absolute atomic E-state index is 10.7. The van der Waals surface area contributed by atoms with Crippen LogP contribution in [-0.2, 0) is 7.05 Å². The summed E-state index contributed by atoms with van der Waals surface area (Å²) < 4.78 is 7.80. The zero-order valence-corrected chi connectivity index (χ0v) is 4.84. The maximum atomic E-state index is 10.7. The standard InChI is InChI=1S/C5H6N2O2/c1-7-4(8)2-3-6-5(7)9/h2-3H,1H3,(H,6,9)/i2D. The summed E-state index contributed by atoms with van der Waals surface area (Å²) in [5.74, 6) is 0. The molecule has 0 aliphatic carbocycles. The lowest BCUT2D eigenvalue weighted by molar-refractivity contribution is 0.775. The van der Waals surface area contributed by atoms with Crippen LogP contribution in [-0.4, -0.2) is 9.55 Å². The summed E-state index contributed by atoms with van der Waals surface area (Å²) in [6.07, 6.45) is 1.07. The molecule has 4 heteroatoms. The average Bonchev–Trinajstić information content (AvgIpc) is 1.93. The zero-order valence-electron chi connectivity index (χ0n) is 5.84. The summed E-state index contributed by atoms with van der Waals surface area (Å²) in [5, 5.41) is 0. The Morgan fingerprint density at radius 1 is 1.78 bits per heavy atom. The fourth-order valence-corrected chi connectivity index (χ4v) is 0.445. The molecule has 0 aromatic carbocycles. The van der Waals surface area contributed by atoms with Gasteiger partial charge in [-0.3, -0.25) is 9.36 Å². The first-order valence-corrected chi connectivity index (χ1v) is 2.38. The van der Waals surface area contributed by atoms with Gasteiger partial charge in [0.05, 0.1) is 1.37 Å². The second kappa shape index (κ2) is 1.89. The summed E-state index contributed by atoms with van der Waals surface area (Å²) in [5.41, 5.74) is -1.08. The van der Waals surface area contributed by atoms with E-state index < -0.39 is 11.2 Å². The van der Waals surface area contributed by atoms with Gasteiger partial charge in [0.15, 0.2) is 0 Å². The molecule has 0 spiro atoms. The molecular weight excluding hydrogens is 120 g/mol. The largest absolute Gasteiger partial charge is 0.328 e. The van der Waals surface area contributed by atoms with E-state index in [4.69, 9.17) is 1.37 Å². The van der Waals surface area contributed by atoms with Crippen LogP contribution in [0.15, 0.2) is 21.8 Å². The van der Waals surface area contributed by atoms with Crippen LogP contribution in [0.25, 0.3) is 0 Å². The van der Waals surface area contributed by atoms with Crippen molar-refractivity contribution in [3.05, 3.63) is 33.1 Å². The van der Waals surface area contributed by atoms with E-state index in [1.807, 2.05) is 0 Å². The number of rotatable bonds is 0. The second-order valence-corrected chi connectivity index (χ2v) is 1.60. The quantitative estimate of drug-likeness (QED) is 0.489. The lowest BCUT2D eigenvalue weighted by Gasteiger charge is -1.88. The average molecular weight is 127 g/mol. The number of hydrogen-bond donors (Lipinski definition) is 1. The first-order chi connectivity index (χ1) is 4.63. The Hall–Kier alpha value is -1.32. The molecule has 0 amide bonds. The highest BCUT2D eigenvalue weighted by Gasteiger charge is 1.88. The summed E-state index contributed by atoms with van der Waals surface area (Å²) in [6, 6.07) is -0.206. The molecule has 0 saturated carbocycles. The third kappa shape index (κ3) is 0.910. The highest BCUT2D eigenvalue weighted by atomic mass is 16.2. The fourth-order valence-electron chi connectivity index (χ4n) is 0.445. The highest BCUT2D eigenvalue weighted by Crippen LogP contribution is 1.57. The van der Waals surface area contributed by atoms with Crippen LogP contribution in [0.2, 0.25) is 0 Å². The van der Waals surface area contributed by atoms with Gasteiger partial charge in [-0.1, -0.05) is 0 Å². The van der Waals surface area contributed by atoms with Gasteiger partial charge in [0.2, 0.25) is 0 Å². The molecule has 48 valence electrons. The molecule has 0 aliphatic heterocycles. The minimum atomic E-state index is -0.580. The van der Waals surface area contributed by atoms with Crippen LogP contribution in [0.1, 0.15) is 1.37 Å². The van der Waals surface area contributed by atoms with Crippen LogP contribution in [0.5, 0.6) is 0 Å². The van der Waals surface area contributed by atoms with Gasteiger partial charge in [-0.2, -0.15) is 0 Å². The van der Waals surface area contributed by atoms with Gasteiger partial charge in [0.1, 0.15) is 0 Å². The van der Waals surface area contributed by atoms with Gasteiger partial charge in [0.25, 0.3) is 5.56 Å². The van der Waals surface area contributed by atoms with Crippen LogP contribution >= 0.6 is 0 Å². The SMILES string of the molecule is [2H]c1c[nH]c(=O)n(C)c1=O. The van der Waals surface area contributed by atoms with Gasteiger partial charge >= 0.3 is 5.69 Å². The van der Waals surface area contributed by atoms with Crippen molar-refractivity contribution < 1.29 is 1.37 Å². The first kappa shape index (κ1) is 4.55. The number of aromatic amines is 1. The van der Waals surface area contributed by atoms with Crippen molar-refractivity contribution in [3.63, 3.8) is 0 Å². The van der Waals surface area contributed by atoms with E-state index in [0.29, 0.717) is 0 Å². The zero-order chi connectivity index (χ0) is 7.72. The van der Waals surface area contributed by atoms with Gasteiger partial charge in [-0.25, -0.2) is 4.79 Å². The highest BCUT2D eigenvalue weighted by molar-refractivity contribution is 4.80. The summed E-state index contributed by atoms with van der Waals surface area (Å²) in [6.45, 7) is 0. The van der Waals surface area contributed by atoms with Crippen molar-refractivity contribution in [1.82, 2.24) is 9.55 Å². The molecular formula is C5H6N2O2. The molecule has 0 saturated heterocycles. The van der Waals surface area contributed by atoms with E-state index in [1.54, 1.807) is 0 Å². The topological polar surface area (TPSA) is 54.9 Å². The second-order valence-electron chi connectivity index (χ2n) is 1.60. The number of H-pyrrole nitrogens is 1. The van der Waals surface area contributed by atoms with Crippen molar-refractivity contribution in [2.24, 2.45) is 7.05 Å². The molecule has 9 heavy (non-hydrogen) atoms. The number of hydrogen-bond acceptors (Lipinski definition) is 2. The fraction of sp³-hybridized carbons (Fsp3) is 0.200. The molecule has 1 aromatic heterocycles. The summed E-state index contributed by atoms with van der Waals surface area (Å²) in [4.78, 5) is 23.6. The van der Waals surface area contributed by atoms with Crippen molar-refractivity contribution in [1.29, 1.82) is 0 Å². The Balaban J connectivity index is 3.66. The molecule has 1 rings (SSSR count). The normalized spacial score (nSPS) is 11.0. The van der Waals surface area contributed by atoms with Crippen LogP contribution in [0.4, 0.5) is 0 Å². The minimum absolute atomic E-state index is 0.206. The maximum Gasteiger partial charge on any atom is 0.328 e. The van der Waals surface area contributed by atoms with Crippen molar-refractivity contribution >= 4 is 0 Å². The number of aromatic nitrogens is 2. The molecule has 1 N–H and O–H groups in total. The van der Waals surface area contributed by atoms with E-state index in [1.165, 1.54) is 7.05 Å². The molecule has 0 atom stereocenters. The molecule has 0 bridgehead atoms. The lowest BCUT2D eigenvalue weighted by atomic mass is 10.6. The van der Waals surface area contributed by atoms with Gasteiger partial charge in [0, 0.05) is 19.3 Å².